The van der Waals surface area contributed by atoms with E-state index in [1.807, 2.05) is 0 Å². The van der Waals surface area contributed by atoms with Crippen LogP contribution in [0.2, 0.25) is 0 Å². The molecule has 114 valence electrons. The second-order valence-electron chi connectivity index (χ2n) is 4.26. The Balaban J connectivity index is 2.23. The second kappa shape index (κ2) is 6.26. The fraction of sp³-hybridized carbons (Fsp3) is 0.273. The average Bonchev–Trinajstić information content (AvgIpc) is 2.98. The first-order chi connectivity index (χ1) is 9.79. The standard InChI is InChI=1S/C11H12BrN3O4S2/c1-6-9(3-10(12)20-6)21(18,19)15-8(11(16)17)2-7-4-13-5-14-7/h3-5,8,15H,2H2,1H3,(H,13,14)(H,16,17)/t8-/m0/s1. The minimum atomic E-state index is -3.90. The van der Waals surface area contributed by atoms with E-state index < -0.39 is 22.0 Å². The van der Waals surface area contributed by atoms with E-state index in [-0.39, 0.29) is 11.3 Å². The van der Waals surface area contributed by atoms with Crippen molar-refractivity contribution in [3.8, 4) is 0 Å². The maximum atomic E-state index is 12.3. The number of aliphatic carboxylic acids is 1. The molecule has 0 aliphatic rings. The lowest BCUT2D eigenvalue weighted by molar-refractivity contribution is -0.138. The van der Waals surface area contributed by atoms with E-state index in [1.54, 1.807) is 6.92 Å². The predicted molar refractivity (Wildman–Crippen MR) is 80.8 cm³/mol. The highest BCUT2D eigenvalue weighted by atomic mass is 79.9. The average molecular weight is 394 g/mol. The number of nitrogens with one attached hydrogen (secondary N) is 2. The molecule has 2 rings (SSSR count). The van der Waals surface area contributed by atoms with Crippen LogP contribution in [0.5, 0.6) is 0 Å². The van der Waals surface area contributed by atoms with E-state index in [9.17, 15) is 18.3 Å². The monoisotopic (exact) mass is 393 g/mol. The van der Waals surface area contributed by atoms with Gasteiger partial charge in [-0.3, -0.25) is 4.79 Å². The van der Waals surface area contributed by atoms with Crippen LogP contribution < -0.4 is 4.72 Å². The van der Waals surface area contributed by atoms with Crippen LogP contribution in [-0.4, -0.2) is 35.5 Å². The molecule has 0 aliphatic heterocycles. The van der Waals surface area contributed by atoms with E-state index >= 15 is 0 Å². The molecule has 0 aromatic carbocycles. The van der Waals surface area contributed by atoms with Crippen molar-refractivity contribution < 1.29 is 18.3 Å². The van der Waals surface area contributed by atoms with Crippen molar-refractivity contribution in [1.29, 1.82) is 0 Å². The summed E-state index contributed by atoms with van der Waals surface area (Å²) in [6, 6.07) is 0.186. The molecular weight excluding hydrogens is 382 g/mol. The number of carboxylic acids is 1. The molecule has 0 amide bonds. The summed E-state index contributed by atoms with van der Waals surface area (Å²) in [5.41, 5.74) is 0.535. The fourth-order valence-corrected chi connectivity index (χ4v) is 5.35. The Bertz CT molecular complexity index is 740. The van der Waals surface area contributed by atoms with Gasteiger partial charge in [-0.25, -0.2) is 13.4 Å². The van der Waals surface area contributed by atoms with Crippen molar-refractivity contribution in [2.75, 3.05) is 0 Å². The number of sulfonamides is 1. The van der Waals surface area contributed by atoms with Crippen LogP contribution in [0.15, 0.2) is 27.3 Å². The number of aryl methyl sites for hydroxylation is 1. The normalized spacial score (nSPS) is 13.2. The molecule has 0 radical (unpaired) electrons. The SMILES string of the molecule is Cc1sc(Br)cc1S(=O)(=O)N[C@@H](Cc1cnc[nH]1)C(=O)O. The third-order valence-electron chi connectivity index (χ3n) is 2.71. The number of rotatable bonds is 6. The van der Waals surface area contributed by atoms with Crippen molar-refractivity contribution in [2.24, 2.45) is 0 Å². The fourth-order valence-electron chi connectivity index (χ4n) is 1.74. The Hall–Kier alpha value is -1.23. The van der Waals surface area contributed by atoms with Gasteiger partial charge in [0.25, 0.3) is 0 Å². The molecule has 0 aliphatic carbocycles. The number of H-pyrrole nitrogens is 1. The lowest BCUT2D eigenvalue weighted by Crippen LogP contribution is -2.42. The molecule has 1 atom stereocenters. The summed E-state index contributed by atoms with van der Waals surface area (Å²) in [6.07, 6.45) is 2.85. The number of thiophene rings is 1. The molecule has 7 nitrogen and oxygen atoms in total. The summed E-state index contributed by atoms with van der Waals surface area (Å²) in [6.45, 7) is 1.66. The zero-order valence-electron chi connectivity index (χ0n) is 10.8. The topological polar surface area (TPSA) is 112 Å². The van der Waals surface area contributed by atoms with Gasteiger partial charge in [-0.2, -0.15) is 4.72 Å². The summed E-state index contributed by atoms with van der Waals surface area (Å²) in [5, 5.41) is 9.19. The van der Waals surface area contributed by atoms with Gasteiger partial charge in [-0.1, -0.05) is 0 Å². The first-order valence-corrected chi connectivity index (χ1v) is 8.87. The van der Waals surface area contributed by atoms with Gasteiger partial charge in [0.1, 0.15) is 6.04 Å². The number of hydrogen-bond donors (Lipinski definition) is 3. The van der Waals surface area contributed by atoms with Crippen molar-refractivity contribution in [2.45, 2.75) is 24.3 Å². The van der Waals surface area contributed by atoms with E-state index in [1.165, 1.54) is 29.9 Å². The Labute approximate surface area is 133 Å². The minimum Gasteiger partial charge on any atom is -0.480 e. The highest BCUT2D eigenvalue weighted by Gasteiger charge is 2.28. The Morgan fingerprint density at radius 3 is 2.81 bits per heavy atom. The number of carbonyl (C=O) groups is 1. The van der Waals surface area contributed by atoms with Gasteiger partial charge in [0, 0.05) is 23.2 Å². The van der Waals surface area contributed by atoms with Crippen molar-refractivity contribution in [1.82, 2.24) is 14.7 Å². The molecule has 0 unspecified atom stereocenters. The van der Waals surface area contributed by atoms with Gasteiger partial charge in [0.15, 0.2) is 0 Å². The van der Waals surface area contributed by atoms with Gasteiger partial charge in [-0.15, -0.1) is 11.3 Å². The van der Waals surface area contributed by atoms with Gasteiger partial charge in [-0.05, 0) is 28.9 Å². The van der Waals surface area contributed by atoms with Crippen LogP contribution in [-0.2, 0) is 21.2 Å². The molecule has 2 aromatic heterocycles. The van der Waals surface area contributed by atoms with Crippen molar-refractivity contribution in [3.05, 3.63) is 32.9 Å². The third kappa shape index (κ3) is 3.90. The van der Waals surface area contributed by atoms with E-state index in [0.717, 1.165) is 0 Å². The molecule has 2 heterocycles. The van der Waals surface area contributed by atoms with Crippen LogP contribution >= 0.6 is 27.3 Å². The minimum absolute atomic E-state index is 0.0150. The Kier molecular flexibility index (Phi) is 4.81. The molecule has 0 fully saturated rings. The van der Waals surface area contributed by atoms with Crippen molar-refractivity contribution in [3.63, 3.8) is 0 Å². The van der Waals surface area contributed by atoms with E-state index in [0.29, 0.717) is 14.4 Å². The highest BCUT2D eigenvalue weighted by molar-refractivity contribution is 9.11. The molecule has 2 aromatic rings. The number of halogens is 1. The molecule has 0 saturated heterocycles. The van der Waals surface area contributed by atoms with Gasteiger partial charge in [0.2, 0.25) is 10.0 Å². The summed E-state index contributed by atoms with van der Waals surface area (Å²) in [5.74, 6) is -1.25. The number of aromatic nitrogens is 2. The summed E-state index contributed by atoms with van der Waals surface area (Å²) >= 11 is 4.49. The lowest BCUT2D eigenvalue weighted by Gasteiger charge is -2.13. The zero-order chi connectivity index (χ0) is 15.6. The number of aromatic amines is 1. The van der Waals surface area contributed by atoms with Crippen LogP contribution in [0.1, 0.15) is 10.6 Å². The summed E-state index contributed by atoms with van der Waals surface area (Å²) < 4.78 is 27.5. The quantitative estimate of drug-likeness (QED) is 0.688. The molecule has 3 N–H and O–H groups in total. The number of carboxylic acid groups (broad SMARTS) is 1. The predicted octanol–water partition coefficient (Wildman–Crippen LogP) is 1.52. The van der Waals surface area contributed by atoms with E-state index in [4.69, 9.17) is 0 Å². The Morgan fingerprint density at radius 2 is 2.33 bits per heavy atom. The lowest BCUT2D eigenvalue weighted by atomic mass is 10.2. The molecule has 0 saturated carbocycles. The van der Waals surface area contributed by atoms with Crippen molar-refractivity contribution >= 4 is 43.3 Å². The van der Waals surface area contributed by atoms with E-state index in [2.05, 4.69) is 30.6 Å². The number of nitrogens with zero attached hydrogens (tertiary/aromatic N) is 1. The van der Waals surface area contributed by atoms with Gasteiger partial charge in [0.05, 0.1) is 15.0 Å². The summed E-state index contributed by atoms with van der Waals surface area (Å²) in [4.78, 5) is 18.4. The van der Waals surface area contributed by atoms with Crippen LogP contribution in [0, 0.1) is 6.92 Å². The second-order valence-corrected chi connectivity index (χ2v) is 8.58. The molecular formula is C11H12BrN3O4S2. The van der Waals surface area contributed by atoms with Crippen LogP contribution in [0.25, 0.3) is 0 Å². The number of imidazole rings is 1. The number of hydrogen-bond acceptors (Lipinski definition) is 5. The third-order valence-corrected chi connectivity index (χ3v) is 5.99. The Morgan fingerprint density at radius 1 is 1.62 bits per heavy atom. The first kappa shape index (κ1) is 16.1. The molecule has 21 heavy (non-hydrogen) atoms. The van der Waals surface area contributed by atoms with Crippen LogP contribution in [0.4, 0.5) is 0 Å². The van der Waals surface area contributed by atoms with Gasteiger partial charge < -0.3 is 10.1 Å². The largest absolute Gasteiger partial charge is 0.480 e. The molecule has 10 heteroatoms. The van der Waals surface area contributed by atoms with Crippen LogP contribution in [0.3, 0.4) is 0 Å². The summed E-state index contributed by atoms with van der Waals surface area (Å²) in [7, 11) is -3.90. The molecule has 0 bridgehead atoms. The highest BCUT2D eigenvalue weighted by Crippen LogP contribution is 2.29. The first-order valence-electron chi connectivity index (χ1n) is 5.78. The van der Waals surface area contributed by atoms with Gasteiger partial charge >= 0.3 is 5.97 Å². The molecule has 0 spiro atoms. The zero-order valence-corrected chi connectivity index (χ0v) is 14.0. The smallest absolute Gasteiger partial charge is 0.322 e. The maximum absolute atomic E-state index is 12.3. The maximum Gasteiger partial charge on any atom is 0.322 e.